The van der Waals surface area contributed by atoms with Gasteiger partial charge in [-0.25, -0.2) is 4.99 Å². The van der Waals surface area contributed by atoms with Gasteiger partial charge in [-0.3, -0.25) is 14.4 Å². The number of likely N-dealkylation sites (N-methyl/N-ethyl adjacent to an activating group) is 1. The Balaban J connectivity index is 2.03. The Labute approximate surface area is 174 Å². The summed E-state index contributed by atoms with van der Waals surface area (Å²) in [6.07, 6.45) is 1.80. The van der Waals surface area contributed by atoms with E-state index in [-0.39, 0.29) is 12.5 Å². The zero-order chi connectivity index (χ0) is 21.2. The first kappa shape index (κ1) is 23.2. The minimum absolute atomic E-state index is 0.0116. The molecule has 1 aromatic heterocycles. The second kappa shape index (κ2) is 11.8. The molecule has 1 aliphatic rings. The summed E-state index contributed by atoms with van der Waals surface area (Å²) in [5.41, 5.74) is 3.48. The molecule has 0 radical (unpaired) electrons. The van der Waals surface area contributed by atoms with Crippen LogP contribution in [0.4, 0.5) is 0 Å². The number of carbonyl (C=O) groups excluding carboxylic acids is 1. The van der Waals surface area contributed by atoms with E-state index < -0.39 is 0 Å². The van der Waals surface area contributed by atoms with Gasteiger partial charge >= 0.3 is 0 Å². The molecule has 0 aromatic carbocycles. The van der Waals surface area contributed by atoms with Gasteiger partial charge in [0.15, 0.2) is 5.96 Å². The van der Waals surface area contributed by atoms with Crippen molar-refractivity contribution < 1.29 is 9.53 Å². The van der Waals surface area contributed by atoms with Crippen molar-refractivity contribution in [1.82, 2.24) is 30.2 Å². The smallest absolute Gasteiger partial charge is 0.241 e. The third-order valence-corrected chi connectivity index (χ3v) is 5.15. The highest BCUT2D eigenvalue weighted by atomic mass is 16.5. The first-order chi connectivity index (χ1) is 14.0. The lowest BCUT2D eigenvalue weighted by Crippen LogP contribution is -2.46. The molecule has 1 aromatic rings. The van der Waals surface area contributed by atoms with Crippen LogP contribution in [0.5, 0.6) is 0 Å². The highest BCUT2D eigenvalue weighted by molar-refractivity contribution is 5.86. The summed E-state index contributed by atoms with van der Waals surface area (Å²) >= 11 is 0. The molecular weight excluding hydrogens is 370 g/mol. The summed E-state index contributed by atoms with van der Waals surface area (Å²) in [4.78, 5) is 20.7. The number of rotatable bonds is 9. The summed E-state index contributed by atoms with van der Waals surface area (Å²) in [5.74, 6) is 0.666. The fraction of sp³-hybridized carbons (Fsp3) is 0.750. The van der Waals surface area contributed by atoms with Crippen molar-refractivity contribution in [3.8, 4) is 0 Å². The number of nitrogens with zero attached hydrogens (tertiary/aromatic N) is 5. The fourth-order valence-electron chi connectivity index (χ4n) is 3.38. The molecular formula is C20H37N7O2. The number of guanidine groups is 1. The number of aliphatic imine (C=N–C) groups is 1. The van der Waals surface area contributed by atoms with Gasteiger partial charge in [-0.1, -0.05) is 13.8 Å². The topological polar surface area (TPSA) is 87.0 Å². The van der Waals surface area contributed by atoms with E-state index in [1.165, 1.54) is 11.3 Å². The van der Waals surface area contributed by atoms with Crippen LogP contribution in [0.15, 0.2) is 4.99 Å². The quantitative estimate of drug-likeness (QED) is 0.443. The molecule has 2 N–H and O–H groups in total. The molecule has 0 saturated carbocycles. The van der Waals surface area contributed by atoms with E-state index in [1.807, 2.05) is 11.7 Å². The number of aryl methyl sites for hydroxylation is 2. The molecule has 0 atom stereocenters. The monoisotopic (exact) mass is 407 g/mol. The van der Waals surface area contributed by atoms with Crippen LogP contribution >= 0.6 is 0 Å². The molecule has 0 spiro atoms. The van der Waals surface area contributed by atoms with Crippen LogP contribution in [0.2, 0.25) is 0 Å². The summed E-state index contributed by atoms with van der Waals surface area (Å²) in [6, 6.07) is 0. The second-order valence-electron chi connectivity index (χ2n) is 7.39. The van der Waals surface area contributed by atoms with Crippen LogP contribution < -0.4 is 10.6 Å². The number of aromatic nitrogens is 2. The van der Waals surface area contributed by atoms with E-state index in [0.29, 0.717) is 12.5 Å². The lowest BCUT2D eigenvalue weighted by molar-refractivity contribution is -0.127. The Morgan fingerprint density at radius 1 is 1.21 bits per heavy atom. The Morgan fingerprint density at radius 2 is 1.93 bits per heavy atom. The average molecular weight is 408 g/mol. The first-order valence-corrected chi connectivity index (χ1v) is 10.5. The van der Waals surface area contributed by atoms with Gasteiger partial charge in [0.2, 0.25) is 5.91 Å². The van der Waals surface area contributed by atoms with Crippen molar-refractivity contribution in [2.24, 2.45) is 12.0 Å². The molecule has 0 aliphatic carbocycles. The van der Waals surface area contributed by atoms with Crippen LogP contribution in [0.1, 0.15) is 30.8 Å². The van der Waals surface area contributed by atoms with Gasteiger partial charge in [-0.05, 0) is 12.8 Å². The van der Waals surface area contributed by atoms with Gasteiger partial charge in [0.05, 0.1) is 32.0 Å². The van der Waals surface area contributed by atoms with Crippen molar-refractivity contribution in [1.29, 1.82) is 0 Å². The third-order valence-electron chi connectivity index (χ3n) is 5.15. The first-order valence-electron chi connectivity index (χ1n) is 10.5. The molecule has 1 fully saturated rings. The van der Waals surface area contributed by atoms with Crippen LogP contribution in [0, 0.1) is 0 Å². The third kappa shape index (κ3) is 7.01. The van der Waals surface area contributed by atoms with E-state index in [2.05, 4.69) is 34.5 Å². The minimum Gasteiger partial charge on any atom is -0.379 e. The van der Waals surface area contributed by atoms with Gasteiger partial charge in [0.25, 0.3) is 0 Å². The van der Waals surface area contributed by atoms with E-state index in [4.69, 9.17) is 9.73 Å². The molecule has 9 nitrogen and oxygen atoms in total. The number of ether oxygens (including phenoxy) is 1. The Hall–Kier alpha value is -2.13. The fourth-order valence-corrected chi connectivity index (χ4v) is 3.38. The molecule has 2 rings (SSSR count). The van der Waals surface area contributed by atoms with Gasteiger partial charge in [-0.2, -0.15) is 5.10 Å². The summed E-state index contributed by atoms with van der Waals surface area (Å²) in [7, 11) is 5.49. The molecule has 2 heterocycles. The van der Waals surface area contributed by atoms with Crippen molar-refractivity contribution in [3.05, 3.63) is 17.0 Å². The largest absolute Gasteiger partial charge is 0.379 e. The Morgan fingerprint density at radius 3 is 2.55 bits per heavy atom. The molecule has 29 heavy (non-hydrogen) atoms. The number of hydrogen-bond donors (Lipinski definition) is 2. The number of nitrogens with one attached hydrogen (secondary N) is 2. The summed E-state index contributed by atoms with van der Waals surface area (Å²) < 4.78 is 7.36. The Kier molecular flexibility index (Phi) is 9.40. The predicted octanol–water partition coefficient (Wildman–Crippen LogP) is 0.000500. The van der Waals surface area contributed by atoms with Crippen LogP contribution in [0.3, 0.4) is 0 Å². The number of amides is 1. The number of morpholine rings is 1. The molecule has 164 valence electrons. The van der Waals surface area contributed by atoms with Crippen LogP contribution in [0.25, 0.3) is 0 Å². The van der Waals surface area contributed by atoms with E-state index in [0.717, 1.165) is 57.9 Å². The van der Waals surface area contributed by atoms with Gasteiger partial charge in [0, 0.05) is 58.6 Å². The van der Waals surface area contributed by atoms with Crippen molar-refractivity contribution in [2.45, 2.75) is 33.2 Å². The van der Waals surface area contributed by atoms with E-state index in [9.17, 15) is 4.79 Å². The van der Waals surface area contributed by atoms with Crippen molar-refractivity contribution >= 4 is 11.9 Å². The molecule has 0 unspecified atom stereocenters. The van der Waals surface area contributed by atoms with Gasteiger partial charge in [-0.15, -0.1) is 0 Å². The van der Waals surface area contributed by atoms with Gasteiger partial charge < -0.3 is 20.3 Å². The standard InChI is InChI=1S/C20H37N7O2/c1-6-17-16(18(7-2)26(5)24-17)14-22-20(23-15-19(28)25(3)4)21-8-9-27-10-12-29-13-11-27/h6-15H2,1-5H3,(H2,21,22,23). The lowest BCUT2D eigenvalue weighted by atomic mass is 10.1. The summed E-state index contributed by atoms with van der Waals surface area (Å²) in [5, 5.41) is 11.2. The second-order valence-corrected chi connectivity index (χ2v) is 7.39. The highest BCUT2D eigenvalue weighted by Crippen LogP contribution is 2.16. The van der Waals surface area contributed by atoms with Crippen LogP contribution in [-0.2, 0) is 36.0 Å². The van der Waals surface area contributed by atoms with Gasteiger partial charge in [0.1, 0.15) is 0 Å². The van der Waals surface area contributed by atoms with E-state index in [1.54, 1.807) is 19.0 Å². The van der Waals surface area contributed by atoms with Crippen LogP contribution in [-0.4, -0.2) is 91.5 Å². The maximum Gasteiger partial charge on any atom is 0.241 e. The molecule has 0 bridgehead atoms. The molecule has 1 saturated heterocycles. The molecule has 1 aliphatic heterocycles. The summed E-state index contributed by atoms with van der Waals surface area (Å²) in [6.45, 7) is 10.2. The lowest BCUT2D eigenvalue weighted by Gasteiger charge is -2.26. The Bertz CT molecular complexity index is 679. The number of hydrogen-bond acceptors (Lipinski definition) is 5. The van der Waals surface area contributed by atoms with Crippen molar-refractivity contribution in [3.63, 3.8) is 0 Å². The maximum atomic E-state index is 12.0. The molecule has 9 heteroatoms. The van der Waals surface area contributed by atoms with Crippen molar-refractivity contribution in [2.75, 3.05) is 60.0 Å². The minimum atomic E-state index is 0.0116. The highest BCUT2D eigenvalue weighted by Gasteiger charge is 2.14. The SMILES string of the molecule is CCc1nn(C)c(CC)c1CN=C(NCCN1CCOCC1)NCC(=O)N(C)C. The normalized spacial score (nSPS) is 15.4. The number of carbonyl (C=O) groups is 1. The zero-order valence-corrected chi connectivity index (χ0v) is 18.6. The average Bonchev–Trinajstić information content (AvgIpc) is 3.04. The maximum absolute atomic E-state index is 12.0. The predicted molar refractivity (Wildman–Crippen MR) is 115 cm³/mol. The van der Waals surface area contributed by atoms with E-state index >= 15 is 0 Å². The zero-order valence-electron chi connectivity index (χ0n) is 18.6. The molecule has 1 amide bonds.